The van der Waals surface area contributed by atoms with Gasteiger partial charge in [0.2, 0.25) is 15.9 Å². The Kier molecular flexibility index (Phi) is 8.56. The Bertz CT molecular complexity index is 1510. The molecule has 0 aromatic heterocycles. The van der Waals surface area contributed by atoms with Gasteiger partial charge in [0.25, 0.3) is 0 Å². The minimum absolute atomic E-state index is 0.0673. The summed E-state index contributed by atoms with van der Waals surface area (Å²) >= 11 is 0. The molecule has 8 nitrogen and oxygen atoms in total. The summed E-state index contributed by atoms with van der Waals surface area (Å²) in [4.78, 5) is 14.2. The minimum Gasteiger partial charge on any atom is -0.366 e. The Morgan fingerprint density at radius 2 is 1.53 bits per heavy atom. The van der Waals surface area contributed by atoms with E-state index in [1.54, 1.807) is 36.4 Å². The van der Waals surface area contributed by atoms with Crippen molar-refractivity contribution in [3.8, 4) is 0 Å². The largest absolute Gasteiger partial charge is 0.366 e. The van der Waals surface area contributed by atoms with Crippen molar-refractivity contribution in [3.63, 3.8) is 0 Å². The third-order valence-corrected chi connectivity index (χ3v) is 10.8. The van der Waals surface area contributed by atoms with Crippen molar-refractivity contribution in [2.75, 3.05) is 18.8 Å². The number of primary amides is 1. The molecule has 0 spiro atoms. The average molecular weight is 558 g/mol. The highest BCUT2D eigenvalue weighted by Crippen LogP contribution is 2.27. The van der Waals surface area contributed by atoms with Crippen LogP contribution in [0, 0.1) is 5.92 Å². The lowest BCUT2D eigenvalue weighted by Crippen LogP contribution is -2.49. The van der Waals surface area contributed by atoms with Crippen molar-refractivity contribution in [2.24, 2.45) is 11.7 Å². The third kappa shape index (κ3) is 6.26. The number of likely N-dealkylation sites (tertiary alicyclic amines) is 1. The number of amides is 1. The second-order valence-corrected chi connectivity index (χ2v) is 13.9. The van der Waals surface area contributed by atoms with Crippen LogP contribution in [-0.4, -0.2) is 58.6 Å². The molecule has 0 radical (unpaired) electrons. The van der Waals surface area contributed by atoms with Crippen LogP contribution in [0.2, 0.25) is 0 Å². The predicted molar refractivity (Wildman–Crippen MR) is 149 cm³/mol. The molecule has 0 aliphatic carbocycles. The van der Waals surface area contributed by atoms with Gasteiger partial charge in [-0.2, -0.15) is 0 Å². The molecule has 3 N–H and O–H groups in total. The van der Waals surface area contributed by atoms with Crippen molar-refractivity contribution in [3.05, 3.63) is 72.3 Å². The van der Waals surface area contributed by atoms with E-state index in [0.29, 0.717) is 11.9 Å². The van der Waals surface area contributed by atoms with Gasteiger partial charge in [0.15, 0.2) is 9.84 Å². The molecule has 3 aromatic carbocycles. The molecule has 1 heterocycles. The van der Waals surface area contributed by atoms with E-state index in [1.807, 2.05) is 18.2 Å². The summed E-state index contributed by atoms with van der Waals surface area (Å²) in [6.45, 7) is 4.56. The zero-order valence-corrected chi connectivity index (χ0v) is 23.3. The molecule has 0 bridgehead atoms. The zero-order chi connectivity index (χ0) is 27.5. The summed E-state index contributed by atoms with van der Waals surface area (Å²) in [6.07, 6.45) is 3.09. The van der Waals surface area contributed by atoms with E-state index in [1.165, 1.54) is 12.1 Å². The number of benzene rings is 3. The molecule has 0 unspecified atom stereocenters. The summed E-state index contributed by atoms with van der Waals surface area (Å²) in [5, 5.41) is 1.40. The molecule has 1 amide bonds. The number of sulfone groups is 1. The molecular weight excluding hydrogens is 522 g/mol. The summed E-state index contributed by atoms with van der Waals surface area (Å²) < 4.78 is 56.6. The van der Waals surface area contributed by atoms with Crippen LogP contribution < -0.4 is 10.5 Å². The molecule has 4 rings (SSSR count). The standard InChI is InChI=1S/C28H35N3O5S2/c1-20-9-7-10-21(2)31(20)18-22(19-37(33,34)26-15-6-5-14-25(26)28(29)32)17-30-38(35,36)27-16-8-12-23-11-3-4-13-24(23)27/h3-6,8,11-16,20-22,30H,7,9-10,17-19H2,1-2H3,(H2,29,32)/t20-,21+,22-/m0/s1. The second-order valence-electron chi connectivity index (χ2n) is 10.2. The van der Waals surface area contributed by atoms with Crippen LogP contribution >= 0.6 is 0 Å². The molecule has 38 heavy (non-hydrogen) atoms. The van der Waals surface area contributed by atoms with Crippen molar-refractivity contribution in [2.45, 2.75) is 55.0 Å². The molecule has 1 saturated heterocycles. The number of carbonyl (C=O) groups is 1. The Balaban J connectivity index is 1.64. The van der Waals surface area contributed by atoms with Gasteiger partial charge in [-0.25, -0.2) is 21.6 Å². The molecular formula is C28H35N3O5S2. The molecule has 3 aromatic rings. The first kappa shape index (κ1) is 28.2. The van der Waals surface area contributed by atoms with Gasteiger partial charge in [-0.05, 0) is 56.2 Å². The topological polar surface area (TPSA) is 127 Å². The van der Waals surface area contributed by atoms with Gasteiger partial charge in [0.1, 0.15) is 0 Å². The van der Waals surface area contributed by atoms with Gasteiger partial charge in [-0.1, -0.05) is 55.0 Å². The predicted octanol–water partition coefficient (Wildman–Crippen LogP) is 3.57. The van der Waals surface area contributed by atoms with Crippen molar-refractivity contribution in [1.82, 2.24) is 9.62 Å². The van der Waals surface area contributed by atoms with E-state index in [0.717, 1.165) is 24.6 Å². The fraction of sp³-hybridized carbons (Fsp3) is 0.393. The second kappa shape index (κ2) is 11.5. The summed E-state index contributed by atoms with van der Waals surface area (Å²) in [6, 6.07) is 18.7. The number of fused-ring (bicyclic) bond motifs is 1. The summed E-state index contributed by atoms with van der Waals surface area (Å²) in [5.74, 6) is -1.71. The smallest absolute Gasteiger partial charge is 0.250 e. The Morgan fingerprint density at radius 1 is 0.921 bits per heavy atom. The summed E-state index contributed by atoms with van der Waals surface area (Å²) in [7, 11) is -7.88. The molecule has 3 atom stereocenters. The van der Waals surface area contributed by atoms with Gasteiger partial charge in [-0.3, -0.25) is 9.69 Å². The lowest BCUT2D eigenvalue weighted by molar-refractivity contribution is 0.0881. The van der Waals surface area contributed by atoms with Crippen LogP contribution in [0.25, 0.3) is 10.8 Å². The minimum atomic E-state index is -3.95. The molecule has 1 fully saturated rings. The Hall–Kier alpha value is -2.79. The van der Waals surface area contributed by atoms with Crippen LogP contribution in [0.1, 0.15) is 43.5 Å². The SMILES string of the molecule is C[C@@H]1CCC[C@H](C)N1C[C@H](CNS(=O)(=O)c1cccc2ccccc12)CS(=O)(=O)c1ccccc1C(N)=O. The zero-order valence-electron chi connectivity index (χ0n) is 21.7. The van der Waals surface area contributed by atoms with E-state index in [2.05, 4.69) is 23.5 Å². The van der Waals surface area contributed by atoms with Crippen LogP contribution in [0.3, 0.4) is 0 Å². The summed E-state index contributed by atoms with van der Waals surface area (Å²) in [5.41, 5.74) is 5.38. The number of hydrogen-bond donors (Lipinski definition) is 2. The fourth-order valence-corrected chi connectivity index (χ4v) is 8.54. The first-order chi connectivity index (χ1) is 18.0. The van der Waals surface area contributed by atoms with E-state index in [9.17, 15) is 21.6 Å². The van der Waals surface area contributed by atoms with Crippen molar-refractivity contribution >= 4 is 36.5 Å². The van der Waals surface area contributed by atoms with Crippen LogP contribution in [-0.2, 0) is 19.9 Å². The number of piperidine rings is 1. The molecule has 204 valence electrons. The number of carbonyl (C=O) groups excluding carboxylic acids is 1. The van der Waals surface area contributed by atoms with E-state index >= 15 is 0 Å². The number of rotatable bonds is 10. The van der Waals surface area contributed by atoms with Gasteiger partial charge >= 0.3 is 0 Å². The number of sulfonamides is 1. The monoisotopic (exact) mass is 557 g/mol. The van der Waals surface area contributed by atoms with Gasteiger partial charge in [0, 0.05) is 30.6 Å². The first-order valence-electron chi connectivity index (χ1n) is 12.8. The lowest BCUT2D eigenvalue weighted by Gasteiger charge is -2.41. The van der Waals surface area contributed by atoms with Gasteiger partial charge in [-0.15, -0.1) is 0 Å². The van der Waals surface area contributed by atoms with Crippen molar-refractivity contribution in [1.29, 1.82) is 0 Å². The Morgan fingerprint density at radius 3 is 2.24 bits per heavy atom. The third-order valence-electron chi connectivity index (χ3n) is 7.39. The quantitative estimate of drug-likeness (QED) is 0.392. The normalized spacial score (nSPS) is 19.8. The lowest BCUT2D eigenvalue weighted by atomic mass is 9.96. The highest BCUT2D eigenvalue weighted by Gasteiger charge is 2.32. The Labute approximate surface area is 225 Å². The van der Waals surface area contributed by atoms with Gasteiger partial charge in [0.05, 0.1) is 21.1 Å². The fourth-order valence-electron chi connectivity index (χ4n) is 5.39. The van der Waals surface area contributed by atoms with E-state index in [4.69, 9.17) is 5.73 Å². The maximum absolute atomic E-state index is 13.5. The van der Waals surface area contributed by atoms with Crippen LogP contribution in [0.15, 0.2) is 76.5 Å². The van der Waals surface area contributed by atoms with Crippen LogP contribution in [0.4, 0.5) is 0 Å². The van der Waals surface area contributed by atoms with E-state index < -0.39 is 31.7 Å². The first-order valence-corrected chi connectivity index (χ1v) is 16.0. The average Bonchev–Trinajstić information content (AvgIpc) is 2.89. The molecule has 0 saturated carbocycles. The number of nitrogens with one attached hydrogen (secondary N) is 1. The maximum atomic E-state index is 13.5. The maximum Gasteiger partial charge on any atom is 0.250 e. The van der Waals surface area contributed by atoms with E-state index in [-0.39, 0.29) is 39.7 Å². The van der Waals surface area contributed by atoms with Crippen molar-refractivity contribution < 1.29 is 21.6 Å². The van der Waals surface area contributed by atoms with Crippen LogP contribution in [0.5, 0.6) is 0 Å². The molecule has 10 heteroatoms. The number of hydrogen-bond acceptors (Lipinski definition) is 6. The molecule has 1 aliphatic heterocycles. The number of nitrogens with zero attached hydrogens (tertiary/aromatic N) is 1. The highest BCUT2D eigenvalue weighted by atomic mass is 32.2. The number of nitrogens with two attached hydrogens (primary N) is 1. The highest BCUT2D eigenvalue weighted by molar-refractivity contribution is 7.91. The molecule has 1 aliphatic rings. The van der Waals surface area contributed by atoms with Gasteiger partial charge < -0.3 is 5.73 Å².